The predicted octanol–water partition coefficient (Wildman–Crippen LogP) is 0.728. The fraction of sp³-hybridized carbons (Fsp3) is 0.391. The van der Waals surface area contributed by atoms with E-state index in [4.69, 9.17) is 10.7 Å². The van der Waals surface area contributed by atoms with Gasteiger partial charge >= 0.3 is 10.2 Å². The lowest BCUT2D eigenvalue weighted by atomic mass is 10.1. The monoisotopic (exact) mass is 494 g/mol. The van der Waals surface area contributed by atoms with Crippen molar-refractivity contribution in [1.29, 1.82) is 0 Å². The van der Waals surface area contributed by atoms with E-state index in [1.165, 1.54) is 17.9 Å². The molecule has 3 aromatic rings. The molecule has 12 heteroatoms. The average Bonchev–Trinajstić information content (AvgIpc) is 3.22. The third-order valence-corrected chi connectivity index (χ3v) is 7.65. The van der Waals surface area contributed by atoms with Gasteiger partial charge in [0.15, 0.2) is 0 Å². The number of imidazole rings is 1. The summed E-state index contributed by atoms with van der Waals surface area (Å²) in [5, 5.41) is 4.29. The molecule has 1 saturated heterocycles. The van der Waals surface area contributed by atoms with Crippen LogP contribution in [0.15, 0.2) is 39.7 Å². The zero-order valence-corrected chi connectivity index (χ0v) is 20.4. The number of piperidine rings is 1. The first-order valence-corrected chi connectivity index (χ1v) is 12.7. The van der Waals surface area contributed by atoms with Crippen molar-refractivity contribution in [3.8, 4) is 11.8 Å². The van der Waals surface area contributed by atoms with Crippen LogP contribution in [-0.4, -0.2) is 59.6 Å². The van der Waals surface area contributed by atoms with E-state index in [1.807, 2.05) is 0 Å². The van der Waals surface area contributed by atoms with Crippen molar-refractivity contribution < 1.29 is 8.42 Å². The molecular formula is C23H26N8O3S. The van der Waals surface area contributed by atoms with E-state index in [0.29, 0.717) is 34.8 Å². The lowest BCUT2D eigenvalue weighted by Crippen LogP contribution is -2.44. The molecule has 1 unspecified atom stereocenters. The van der Waals surface area contributed by atoms with Crippen LogP contribution < -0.4 is 20.5 Å². The molecule has 5 rings (SSSR count). The van der Waals surface area contributed by atoms with Crippen molar-refractivity contribution in [2.75, 3.05) is 29.3 Å². The van der Waals surface area contributed by atoms with Crippen LogP contribution in [-0.2, 0) is 23.3 Å². The van der Waals surface area contributed by atoms with Gasteiger partial charge in [-0.05, 0) is 25.8 Å². The van der Waals surface area contributed by atoms with Crippen molar-refractivity contribution in [2.45, 2.75) is 38.9 Å². The molecule has 35 heavy (non-hydrogen) atoms. The number of hydrogen-bond donors (Lipinski definition) is 1. The highest BCUT2D eigenvalue weighted by molar-refractivity contribution is 7.91. The molecule has 0 spiro atoms. The van der Waals surface area contributed by atoms with Gasteiger partial charge in [-0.3, -0.25) is 13.7 Å². The van der Waals surface area contributed by atoms with Crippen LogP contribution in [0, 0.1) is 11.8 Å². The zero-order chi connectivity index (χ0) is 24.7. The second-order valence-corrected chi connectivity index (χ2v) is 10.2. The molecule has 2 aromatic heterocycles. The maximum absolute atomic E-state index is 13.6. The van der Waals surface area contributed by atoms with Crippen molar-refractivity contribution in [2.24, 2.45) is 10.1 Å². The van der Waals surface area contributed by atoms with Crippen LogP contribution in [0.4, 0.5) is 11.6 Å². The molecule has 0 amide bonds. The van der Waals surface area contributed by atoms with Crippen LogP contribution in [0.1, 0.15) is 25.3 Å². The van der Waals surface area contributed by atoms with Crippen LogP contribution in [0.5, 0.6) is 0 Å². The summed E-state index contributed by atoms with van der Waals surface area (Å²) in [5.74, 6) is 6.54. The molecule has 11 nitrogen and oxygen atoms in total. The fourth-order valence-corrected chi connectivity index (χ4v) is 5.51. The molecular weight excluding hydrogens is 468 g/mol. The first-order valence-electron chi connectivity index (χ1n) is 11.3. The largest absolute Gasteiger partial charge is 0.344 e. The van der Waals surface area contributed by atoms with Gasteiger partial charge in [-0.1, -0.05) is 24.1 Å². The van der Waals surface area contributed by atoms with Crippen molar-refractivity contribution in [1.82, 2.24) is 19.3 Å². The number of nitrogens with two attached hydrogens (primary N) is 1. The Labute approximate surface area is 203 Å². The van der Waals surface area contributed by atoms with Gasteiger partial charge in [0.05, 0.1) is 30.7 Å². The Hall–Kier alpha value is -3.69. The highest BCUT2D eigenvalue weighted by atomic mass is 32.2. The second kappa shape index (κ2) is 8.83. The lowest BCUT2D eigenvalue weighted by molar-refractivity contribution is 0.496. The van der Waals surface area contributed by atoms with Crippen molar-refractivity contribution >= 4 is 38.6 Å². The van der Waals surface area contributed by atoms with E-state index in [-0.39, 0.29) is 24.8 Å². The quantitative estimate of drug-likeness (QED) is 0.529. The minimum Gasteiger partial charge on any atom is -0.341 e. The number of fused-ring (bicyclic) bond motifs is 2. The molecule has 2 N–H and O–H groups in total. The van der Waals surface area contributed by atoms with Gasteiger partial charge < -0.3 is 10.6 Å². The maximum atomic E-state index is 13.6. The molecule has 2 aliphatic heterocycles. The highest BCUT2D eigenvalue weighted by Crippen LogP contribution is 2.28. The highest BCUT2D eigenvalue weighted by Gasteiger charge is 2.29. The van der Waals surface area contributed by atoms with Gasteiger partial charge in [0.1, 0.15) is 11.0 Å². The molecule has 0 aliphatic carbocycles. The summed E-state index contributed by atoms with van der Waals surface area (Å²) in [4.78, 5) is 20.4. The summed E-state index contributed by atoms with van der Waals surface area (Å²) >= 11 is 0. The fourth-order valence-electron chi connectivity index (χ4n) is 4.55. The summed E-state index contributed by atoms with van der Waals surface area (Å²) in [7, 11) is -2.46. The molecule has 2 aliphatic rings. The standard InChI is InChI=1S/C23H26N8O3S/c1-3-4-12-30-21-18(26-23(30)29-11-7-8-16(24)14-29)13-25-31(22(21)32)15-19-17-9-5-6-10-20(17)28(2)35(33,34)27-19/h5-6,9-10,13,16H,7-8,11-12,14-15,24H2,1-2H3. The minimum atomic E-state index is -3.91. The SMILES string of the molecule is CC#CCn1c(N2CCCC(N)C2)nc2cnn(CC3=NS(=O)(=O)N(C)c4ccccc43)c(=O)c21. The third kappa shape index (κ3) is 4.06. The number of rotatable bonds is 4. The van der Waals surface area contributed by atoms with Gasteiger partial charge in [-0.2, -0.15) is 13.5 Å². The Morgan fingerprint density at radius 3 is 2.83 bits per heavy atom. The Kier molecular flexibility index (Phi) is 5.82. The van der Waals surface area contributed by atoms with Gasteiger partial charge in [0.2, 0.25) is 5.95 Å². The molecule has 1 atom stereocenters. The second-order valence-electron chi connectivity index (χ2n) is 8.61. The van der Waals surface area contributed by atoms with Crippen LogP contribution in [0.25, 0.3) is 11.0 Å². The van der Waals surface area contributed by atoms with Crippen molar-refractivity contribution in [3.63, 3.8) is 0 Å². The number of para-hydroxylation sites is 1. The van der Waals surface area contributed by atoms with Gasteiger partial charge in [-0.15, -0.1) is 10.3 Å². The predicted molar refractivity (Wildman–Crippen MR) is 135 cm³/mol. The first-order chi connectivity index (χ1) is 16.8. The average molecular weight is 495 g/mol. The molecule has 4 heterocycles. The summed E-state index contributed by atoms with van der Waals surface area (Å²) < 4.78 is 33.3. The van der Waals surface area contributed by atoms with Crippen molar-refractivity contribution in [3.05, 3.63) is 46.4 Å². The van der Waals surface area contributed by atoms with E-state index in [9.17, 15) is 13.2 Å². The molecule has 182 valence electrons. The third-order valence-electron chi connectivity index (χ3n) is 6.31. The summed E-state index contributed by atoms with van der Waals surface area (Å²) in [6.45, 7) is 3.36. The number of nitrogens with zero attached hydrogens (tertiary/aromatic N) is 7. The number of benzene rings is 1. The van der Waals surface area contributed by atoms with Gasteiger partial charge in [0, 0.05) is 31.7 Å². The molecule has 0 bridgehead atoms. The molecule has 1 aromatic carbocycles. The zero-order valence-electron chi connectivity index (χ0n) is 19.5. The number of aromatic nitrogens is 4. The maximum Gasteiger partial charge on any atom is 0.344 e. The number of anilines is 2. The smallest absolute Gasteiger partial charge is 0.341 e. The molecule has 0 radical (unpaired) electrons. The Balaban J connectivity index is 1.62. The summed E-state index contributed by atoms with van der Waals surface area (Å²) in [6, 6.07) is 7.07. The van der Waals surface area contributed by atoms with Crippen LogP contribution >= 0.6 is 0 Å². The van der Waals surface area contributed by atoms with E-state index < -0.39 is 15.8 Å². The van der Waals surface area contributed by atoms with Crippen LogP contribution in [0.3, 0.4) is 0 Å². The van der Waals surface area contributed by atoms with Crippen LogP contribution in [0.2, 0.25) is 0 Å². The molecule has 1 fully saturated rings. The summed E-state index contributed by atoms with van der Waals surface area (Å²) in [6.07, 6.45) is 3.41. The normalized spacial score (nSPS) is 19.2. The number of hydrogen-bond acceptors (Lipinski definition) is 7. The topological polar surface area (TPSA) is 132 Å². The summed E-state index contributed by atoms with van der Waals surface area (Å²) in [5.41, 5.74) is 7.99. The minimum absolute atomic E-state index is 0.0357. The Bertz CT molecular complexity index is 1560. The van der Waals surface area contributed by atoms with Gasteiger partial charge in [0.25, 0.3) is 5.56 Å². The van der Waals surface area contributed by atoms with E-state index in [1.54, 1.807) is 35.8 Å². The van der Waals surface area contributed by atoms with E-state index in [0.717, 1.165) is 23.7 Å². The molecule has 0 saturated carbocycles. The van der Waals surface area contributed by atoms with E-state index >= 15 is 0 Å². The first kappa shape index (κ1) is 23.1. The van der Waals surface area contributed by atoms with Gasteiger partial charge in [-0.25, -0.2) is 9.67 Å². The van der Waals surface area contributed by atoms with E-state index in [2.05, 4.69) is 26.2 Å². The Morgan fingerprint density at radius 1 is 1.26 bits per heavy atom. The Morgan fingerprint density at radius 2 is 2.06 bits per heavy atom. The lowest BCUT2D eigenvalue weighted by Gasteiger charge is -2.31.